The highest BCUT2D eigenvalue weighted by Crippen LogP contribution is 2.25. The Morgan fingerprint density at radius 3 is 2.60 bits per heavy atom. The van der Waals surface area contributed by atoms with E-state index in [9.17, 15) is 4.79 Å². The summed E-state index contributed by atoms with van der Waals surface area (Å²) in [5, 5.41) is 2.78. The van der Waals surface area contributed by atoms with Crippen LogP contribution in [0.15, 0.2) is 48.5 Å². The lowest BCUT2D eigenvalue weighted by molar-refractivity contribution is -0.118. The Kier molecular flexibility index (Phi) is 4.60. The van der Waals surface area contributed by atoms with E-state index in [0.717, 1.165) is 5.56 Å². The van der Waals surface area contributed by atoms with Crippen molar-refractivity contribution in [1.82, 2.24) is 0 Å². The van der Waals surface area contributed by atoms with Gasteiger partial charge in [0.05, 0.1) is 12.8 Å². The van der Waals surface area contributed by atoms with Gasteiger partial charge < -0.3 is 14.8 Å². The van der Waals surface area contributed by atoms with Crippen LogP contribution in [-0.2, 0) is 4.79 Å². The van der Waals surface area contributed by atoms with Crippen LogP contribution in [0.4, 0.5) is 5.69 Å². The van der Waals surface area contributed by atoms with Crippen molar-refractivity contribution in [1.29, 1.82) is 0 Å². The van der Waals surface area contributed by atoms with Crippen LogP contribution in [0.1, 0.15) is 5.56 Å². The van der Waals surface area contributed by atoms with E-state index in [1.165, 1.54) is 0 Å². The predicted octanol–water partition coefficient (Wildman–Crippen LogP) is 3.02. The Morgan fingerprint density at radius 1 is 1.15 bits per heavy atom. The maximum absolute atomic E-state index is 11.9. The predicted molar refractivity (Wildman–Crippen MR) is 78.3 cm³/mol. The second-order valence-corrected chi connectivity index (χ2v) is 4.35. The Labute approximate surface area is 118 Å². The van der Waals surface area contributed by atoms with E-state index >= 15 is 0 Å². The van der Waals surface area contributed by atoms with E-state index in [4.69, 9.17) is 9.47 Å². The zero-order chi connectivity index (χ0) is 14.4. The fourth-order valence-corrected chi connectivity index (χ4v) is 1.77. The van der Waals surface area contributed by atoms with Crippen LogP contribution in [0.25, 0.3) is 0 Å². The fraction of sp³-hybridized carbons (Fsp3) is 0.188. The standard InChI is InChI=1S/C16H17NO3/c1-12-8-9-15(19-2)14(10-12)17-16(18)11-20-13-6-4-3-5-7-13/h3-10H,11H2,1-2H3,(H,17,18). The van der Waals surface area contributed by atoms with Gasteiger partial charge in [0.15, 0.2) is 6.61 Å². The van der Waals surface area contributed by atoms with Crippen LogP contribution >= 0.6 is 0 Å². The fourth-order valence-electron chi connectivity index (χ4n) is 1.77. The molecule has 0 bridgehead atoms. The second-order valence-electron chi connectivity index (χ2n) is 4.35. The van der Waals surface area contributed by atoms with Crippen LogP contribution in [-0.4, -0.2) is 19.6 Å². The van der Waals surface area contributed by atoms with Gasteiger partial charge in [-0.25, -0.2) is 0 Å². The summed E-state index contributed by atoms with van der Waals surface area (Å²) < 4.78 is 10.6. The Morgan fingerprint density at radius 2 is 1.90 bits per heavy atom. The summed E-state index contributed by atoms with van der Waals surface area (Å²) in [6, 6.07) is 14.8. The average molecular weight is 271 g/mol. The zero-order valence-corrected chi connectivity index (χ0v) is 11.6. The van der Waals surface area contributed by atoms with Crippen molar-refractivity contribution < 1.29 is 14.3 Å². The number of carbonyl (C=O) groups excluding carboxylic acids is 1. The molecule has 0 unspecified atom stereocenters. The molecule has 4 nitrogen and oxygen atoms in total. The summed E-state index contributed by atoms with van der Waals surface area (Å²) in [6.07, 6.45) is 0. The van der Waals surface area contributed by atoms with E-state index in [2.05, 4.69) is 5.32 Å². The largest absolute Gasteiger partial charge is 0.495 e. The number of hydrogen-bond acceptors (Lipinski definition) is 3. The molecule has 0 spiro atoms. The number of amides is 1. The third-order valence-corrected chi connectivity index (χ3v) is 2.74. The van der Waals surface area contributed by atoms with Gasteiger partial charge in [-0.05, 0) is 36.8 Å². The molecule has 0 saturated heterocycles. The highest BCUT2D eigenvalue weighted by Gasteiger charge is 2.08. The highest BCUT2D eigenvalue weighted by molar-refractivity contribution is 5.93. The molecule has 4 heteroatoms. The maximum Gasteiger partial charge on any atom is 0.262 e. The molecule has 0 aliphatic carbocycles. The highest BCUT2D eigenvalue weighted by atomic mass is 16.5. The van der Waals surface area contributed by atoms with Crippen LogP contribution in [0, 0.1) is 6.92 Å². The number of nitrogens with one attached hydrogen (secondary N) is 1. The van der Waals surface area contributed by atoms with Gasteiger partial charge in [0.1, 0.15) is 11.5 Å². The molecule has 0 fully saturated rings. The SMILES string of the molecule is COc1ccc(C)cc1NC(=O)COc1ccccc1. The Bertz CT molecular complexity index is 582. The first-order chi connectivity index (χ1) is 9.69. The summed E-state index contributed by atoms with van der Waals surface area (Å²) in [5.41, 5.74) is 1.69. The van der Waals surface area contributed by atoms with E-state index in [-0.39, 0.29) is 12.5 Å². The molecule has 0 aliphatic rings. The summed E-state index contributed by atoms with van der Waals surface area (Å²) in [7, 11) is 1.57. The molecule has 2 aromatic carbocycles. The molecule has 2 aromatic rings. The van der Waals surface area contributed by atoms with E-state index in [0.29, 0.717) is 17.2 Å². The average Bonchev–Trinajstić information content (AvgIpc) is 2.46. The first-order valence-electron chi connectivity index (χ1n) is 6.31. The smallest absolute Gasteiger partial charge is 0.262 e. The van der Waals surface area contributed by atoms with Gasteiger partial charge in [-0.2, -0.15) is 0 Å². The number of aryl methyl sites for hydroxylation is 1. The van der Waals surface area contributed by atoms with Crippen molar-refractivity contribution in [3.63, 3.8) is 0 Å². The molecule has 1 N–H and O–H groups in total. The number of anilines is 1. The molecule has 1 amide bonds. The summed E-state index contributed by atoms with van der Waals surface area (Å²) in [4.78, 5) is 11.9. The topological polar surface area (TPSA) is 47.6 Å². The van der Waals surface area contributed by atoms with E-state index in [1.54, 1.807) is 19.2 Å². The monoisotopic (exact) mass is 271 g/mol. The van der Waals surface area contributed by atoms with Crippen LogP contribution < -0.4 is 14.8 Å². The van der Waals surface area contributed by atoms with Gasteiger partial charge in [0.25, 0.3) is 5.91 Å². The minimum absolute atomic E-state index is 0.0406. The summed E-state index contributed by atoms with van der Waals surface area (Å²) in [5.74, 6) is 1.07. The first kappa shape index (κ1) is 13.9. The zero-order valence-electron chi connectivity index (χ0n) is 11.6. The van der Waals surface area contributed by atoms with Gasteiger partial charge in [0, 0.05) is 0 Å². The van der Waals surface area contributed by atoms with Crippen molar-refractivity contribution in [2.24, 2.45) is 0 Å². The Hall–Kier alpha value is -2.49. The number of rotatable bonds is 5. The molecular weight excluding hydrogens is 254 g/mol. The second kappa shape index (κ2) is 6.61. The quantitative estimate of drug-likeness (QED) is 0.909. The molecule has 0 aromatic heterocycles. The molecule has 0 saturated carbocycles. The van der Waals surface area contributed by atoms with Crippen molar-refractivity contribution in [2.75, 3.05) is 19.0 Å². The number of ether oxygens (including phenoxy) is 2. The van der Waals surface area contributed by atoms with Crippen LogP contribution in [0.5, 0.6) is 11.5 Å². The van der Waals surface area contributed by atoms with Crippen molar-refractivity contribution in [3.8, 4) is 11.5 Å². The molecular formula is C16H17NO3. The molecule has 0 radical (unpaired) electrons. The lowest BCUT2D eigenvalue weighted by atomic mass is 10.2. The molecule has 104 valence electrons. The third-order valence-electron chi connectivity index (χ3n) is 2.74. The van der Waals surface area contributed by atoms with Gasteiger partial charge in [-0.1, -0.05) is 24.3 Å². The van der Waals surface area contributed by atoms with E-state index < -0.39 is 0 Å². The van der Waals surface area contributed by atoms with Gasteiger partial charge in [-0.15, -0.1) is 0 Å². The van der Waals surface area contributed by atoms with Crippen LogP contribution in [0.2, 0.25) is 0 Å². The van der Waals surface area contributed by atoms with Gasteiger partial charge >= 0.3 is 0 Å². The molecule has 2 rings (SSSR count). The summed E-state index contributed by atoms with van der Waals surface area (Å²) in [6.45, 7) is 1.91. The number of para-hydroxylation sites is 1. The lowest BCUT2D eigenvalue weighted by Gasteiger charge is -2.11. The molecule has 0 heterocycles. The minimum Gasteiger partial charge on any atom is -0.495 e. The van der Waals surface area contributed by atoms with E-state index in [1.807, 2.05) is 43.3 Å². The number of methoxy groups -OCH3 is 1. The molecule has 20 heavy (non-hydrogen) atoms. The lowest BCUT2D eigenvalue weighted by Crippen LogP contribution is -2.20. The maximum atomic E-state index is 11.9. The Balaban J connectivity index is 1.96. The van der Waals surface area contributed by atoms with Gasteiger partial charge in [-0.3, -0.25) is 4.79 Å². The van der Waals surface area contributed by atoms with Crippen molar-refractivity contribution in [2.45, 2.75) is 6.92 Å². The first-order valence-corrected chi connectivity index (χ1v) is 6.31. The number of benzene rings is 2. The van der Waals surface area contributed by atoms with Crippen LogP contribution in [0.3, 0.4) is 0 Å². The normalized spacial score (nSPS) is 9.90. The number of carbonyl (C=O) groups is 1. The van der Waals surface area contributed by atoms with Gasteiger partial charge in [0.2, 0.25) is 0 Å². The van der Waals surface area contributed by atoms with Crippen molar-refractivity contribution >= 4 is 11.6 Å². The number of hydrogen-bond donors (Lipinski definition) is 1. The summed E-state index contributed by atoms with van der Waals surface area (Å²) >= 11 is 0. The van der Waals surface area contributed by atoms with Crippen molar-refractivity contribution in [3.05, 3.63) is 54.1 Å². The minimum atomic E-state index is -0.224. The third kappa shape index (κ3) is 3.75. The molecule has 0 atom stereocenters. The molecule has 0 aliphatic heterocycles.